The van der Waals surface area contributed by atoms with Crippen LogP contribution in [-0.2, 0) is 4.79 Å². The molecule has 0 aromatic heterocycles. The van der Waals surface area contributed by atoms with Gasteiger partial charge in [-0.3, -0.25) is 4.79 Å². The van der Waals surface area contributed by atoms with Crippen LogP contribution in [0.2, 0.25) is 0 Å². The minimum Gasteiger partial charge on any atom is -0.359 e. The fourth-order valence-electron chi connectivity index (χ4n) is 0.959. The third kappa shape index (κ3) is 5.06. The van der Waals surface area contributed by atoms with Crippen LogP contribution in [-0.4, -0.2) is 31.2 Å². The number of amides is 1. The third-order valence-electron chi connectivity index (χ3n) is 1.60. The molecule has 2 N–H and O–H groups in total. The van der Waals surface area contributed by atoms with Crippen molar-refractivity contribution >= 4 is 5.91 Å². The van der Waals surface area contributed by atoms with Gasteiger partial charge >= 0.3 is 6.18 Å². The quantitative estimate of drug-likeness (QED) is 0.731. The van der Waals surface area contributed by atoms with Crippen LogP contribution in [0.15, 0.2) is 0 Å². The largest absolute Gasteiger partial charge is 0.404 e. The van der Waals surface area contributed by atoms with Crippen LogP contribution in [0.1, 0.15) is 20.3 Å². The second kappa shape index (κ2) is 5.19. The van der Waals surface area contributed by atoms with Crippen molar-refractivity contribution in [1.29, 1.82) is 0 Å². The maximum atomic E-state index is 12.3. The van der Waals surface area contributed by atoms with Gasteiger partial charge in [0.15, 0.2) is 0 Å². The van der Waals surface area contributed by atoms with Crippen LogP contribution in [0.25, 0.3) is 0 Å². The topological polar surface area (TPSA) is 41.1 Å². The second-order valence-corrected chi connectivity index (χ2v) is 3.29. The molecule has 6 heteroatoms. The molecule has 0 aromatic rings. The summed E-state index contributed by atoms with van der Waals surface area (Å²) >= 11 is 0. The Bertz CT molecular complexity index is 192. The average molecular weight is 212 g/mol. The third-order valence-corrected chi connectivity index (χ3v) is 1.60. The van der Waals surface area contributed by atoms with Crippen LogP contribution >= 0.6 is 0 Å². The van der Waals surface area contributed by atoms with Crippen LogP contribution < -0.4 is 10.6 Å². The molecule has 84 valence electrons. The van der Waals surface area contributed by atoms with E-state index in [-0.39, 0.29) is 6.04 Å². The molecule has 1 unspecified atom stereocenters. The molecular weight excluding hydrogens is 197 g/mol. The molecule has 14 heavy (non-hydrogen) atoms. The molecule has 0 aliphatic heterocycles. The van der Waals surface area contributed by atoms with Gasteiger partial charge < -0.3 is 10.6 Å². The second-order valence-electron chi connectivity index (χ2n) is 3.29. The van der Waals surface area contributed by atoms with Gasteiger partial charge in [-0.05, 0) is 0 Å². The molecule has 1 atom stereocenters. The normalized spacial score (nSPS) is 14.2. The first-order valence-corrected chi connectivity index (χ1v) is 4.30. The van der Waals surface area contributed by atoms with Crippen LogP contribution in [0, 0.1) is 0 Å². The molecule has 0 bridgehead atoms. The van der Waals surface area contributed by atoms with E-state index in [0.717, 1.165) is 0 Å². The molecule has 0 aromatic carbocycles. The van der Waals surface area contributed by atoms with E-state index in [1.807, 2.05) is 0 Å². The number of carbonyl (C=O) groups excluding carboxylic acids is 1. The van der Waals surface area contributed by atoms with Crippen LogP contribution in [0.3, 0.4) is 0 Å². The number of hydrogen-bond donors (Lipinski definition) is 2. The van der Waals surface area contributed by atoms with Gasteiger partial charge in [-0.15, -0.1) is 0 Å². The summed E-state index contributed by atoms with van der Waals surface area (Å²) < 4.78 is 37.0. The summed E-state index contributed by atoms with van der Waals surface area (Å²) in [6, 6.07) is -2.09. The number of rotatable bonds is 4. The highest BCUT2D eigenvalue weighted by Crippen LogP contribution is 2.22. The molecule has 0 aliphatic carbocycles. The lowest BCUT2D eigenvalue weighted by Gasteiger charge is -2.23. The zero-order chi connectivity index (χ0) is 11.4. The number of hydrogen-bond acceptors (Lipinski definition) is 2. The van der Waals surface area contributed by atoms with Gasteiger partial charge in [-0.25, -0.2) is 0 Å². The molecule has 3 nitrogen and oxygen atoms in total. The minimum absolute atomic E-state index is 0.314. The van der Waals surface area contributed by atoms with Gasteiger partial charge in [0.25, 0.3) is 0 Å². The molecule has 0 saturated carbocycles. The van der Waals surface area contributed by atoms with Crippen molar-refractivity contribution in [3.63, 3.8) is 0 Å². The van der Waals surface area contributed by atoms with Crippen molar-refractivity contribution in [2.45, 2.75) is 38.5 Å². The van der Waals surface area contributed by atoms with E-state index in [1.165, 1.54) is 7.05 Å². The minimum atomic E-state index is -4.39. The monoisotopic (exact) mass is 212 g/mol. The number of carbonyl (C=O) groups is 1. The van der Waals surface area contributed by atoms with E-state index in [2.05, 4.69) is 10.6 Å². The lowest BCUT2D eigenvalue weighted by Crippen LogP contribution is -2.47. The molecule has 0 fully saturated rings. The molecular formula is C8H15F3N2O. The predicted molar refractivity (Wildman–Crippen MR) is 46.8 cm³/mol. The molecule has 0 saturated heterocycles. The van der Waals surface area contributed by atoms with E-state index in [1.54, 1.807) is 13.8 Å². The highest BCUT2D eigenvalue weighted by atomic mass is 19.4. The number of halogens is 3. The fourth-order valence-corrected chi connectivity index (χ4v) is 0.959. The van der Waals surface area contributed by atoms with Crippen molar-refractivity contribution in [3.8, 4) is 0 Å². The van der Waals surface area contributed by atoms with E-state index >= 15 is 0 Å². The van der Waals surface area contributed by atoms with Crippen molar-refractivity contribution in [2.75, 3.05) is 7.05 Å². The Hall–Kier alpha value is -0.780. The van der Waals surface area contributed by atoms with Gasteiger partial charge in [0.2, 0.25) is 5.91 Å². The standard InChI is InChI=1S/C8H15F3N2O/c1-5(2)13-6(8(9,10)11)4-7(14)12-3/h5-6,13H,4H2,1-3H3,(H,12,14). The van der Waals surface area contributed by atoms with Crippen molar-refractivity contribution in [2.24, 2.45) is 0 Å². The Morgan fingerprint density at radius 2 is 1.86 bits per heavy atom. The zero-order valence-electron chi connectivity index (χ0n) is 8.40. The highest BCUT2D eigenvalue weighted by molar-refractivity contribution is 5.76. The molecule has 0 rings (SSSR count). The summed E-state index contributed by atoms with van der Waals surface area (Å²) in [4.78, 5) is 10.8. The Balaban J connectivity index is 4.33. The van der Waals surface area contributed by atoms with E-state index in [9.17, 15) is 18.0 Å². The summed E-state index contributed by atoms with van der Waals surface area (Å²) in [5, 5.41) is 4.46. The Labute approximate surface area is 81.1 Å². The van der Waals surface area contributed by atoms with Crippen molar-refractivity contribution in [3.05, 3.63) is 0 Å². The molecule has 0 heterocycles. The summed E-state index contributed by atoms with van der Waals surface area (Å²) in [5.74, 6) is -0.625. The SMILES string of the molecule is CNC(=O)CC(NC(C)C)C(F)(F)F. The maximum absolute atomic E-state index is 12.3. The summed E-state index contributed by atoms with van der Waals surface area (Å²) in [5.41, 5.74) is 0. The maximum Gasteiger partial charge on any atom is 0.404 e. The van der Waals surface area contributed by atoms with Gasteiger partial charge in [0.1, 0.15) is 6.04 Å². The Morgan fingerprint density at radius 1 is 1.36 bits per heavy atom. The molecule has 0 radical (unpaired) electrons. The number of nitrogens with one attached hydrogen (secondary N) is 2. The van der Waals surface area contributed by atoms with Gasteiger partial charge in [-0.1, -0.05) is 13.8 Å². The fraction of sp³-hybridized carbons (Fsp3) is 0.875. The van der Waals surface area contributed by atoms with Crippen molar-refractivity contribution < 1.29 is 18.0 Å². The zero-order valence-corrected chi connectivity index (χ0v) is 8.40. The highest BCUT2D eigenvalue weighted by Gasteiger charge is 2.40. The van der Waals surface area contributed by atoms with E-state index < -0.39 is 24.5 Å². The first kappa shape index (κ1) is 13.2. The molecule has 0 spiro atoms. The molecule has 0 aliphatic rings. The van der Waals surface area contributed by atoms with Gasteiger partial charge in [0, 0.05) is 13.1 Å². The summed E-state index contributed by atoms with van der Waals surface area (Å²) in [7, 11) is 1.31. The van der Waals surface area contributed by atoms with E-state index in [4.69, 9.17) is 0 Å². The number of alkyl halides is 3. The summed E-state index contributed by atoms with van der Waals surface area (Å²) in [6.45, 7) is 3.20. The molecule has 1 amide bonds. The van der Waals surface area contributed by atoms with Crippen molar-refractivity contribution in [1.82, 2.24) is 10.6 Å². The van der Waals surface area contributed by atoms with Gasteiger partial charge in [-0.2, -0.15) is 13.2 Å². The predicted octanol–water partition coefficient (Wildman–Crippen LogP) is 1.05. The van der Waals surface area contributed by atoms with Gasteiger partial charge in [0.05, 0.1) is 6.42 Å². The Morgan fingerprint density at radius 3 is 2.14 bits per heavy atom. The first-order chi connectivity index (χ1) is 6.27. The lowest BCUT2D eigenvalue weighted by molar-refractivity contribution is -0.162. The lowest BCUT2D eigenvalue weighted by atomic mass is 10.1. The average Bonchev–Trinajstić information content (AvgIpc) is 2.00. The summed E-state index contributed by atoms with van der Waals surface area (Å²) in [6.07, 6.45) is -4.98. The van der Waals surface area contributed by atoms with E-state index in [0.29, 0.717) is 0 Å². The smallest absolute Gasteiger partial charge is 0.359 e. The Kier molecular flexibility index (Phi) is 4.90. The van der Waals surface area contributed by atoms with Crippen LogP contribution in [0.4, 0.5) is 13.2 Å². The van der Waals surface area contributed by atoms with Crippen LogP contribution in [0.5, 0.6) is 0 Å². The first-order valence-electron chi connectivity index (χ1n) is 4.30.